The third-order valence-corrected chi connectivity index (χ3v) is 14.2. The molecular weight excluding hydrogens is 773 g/mol. The standard InChI is InChI=1S/C62H52N2/c1-61(2)57-20-11-9-18-53(57)55-36-28-47(39-59(55)61)45-22-30-49(31-23-45)63(5)52-17-13-14-42(38-52)41-64(50-32-24-44(25-33-50)43-15-7-6-8-16-43)51-34-26-46(27-35-51)48-29-37-56-54-19-10-12-21-58(54)62(3,4)60(56)40-48/h6-40H,41H2,1-5H3. The van der Waals surface area contributed by atoms with Gasteiger partial charge in [0.05, 0.1) is 0 Å². The first-order chi connectivity index (χ1) is 31.1. The molecule has 0 N–H and O–H groups in total. The highest BCUT2D eigenvalue weighted by molar-refractivity contribution is 5.85. The Bertz CT molecular complexity index is 3170. The third kappa shape index (κ3) is 6.73. The summed E-state index contributed by atoms with van der Waals surface area (Å²) in [7, 11) is 2.17. The van der Waals surface area contributed by atoms with Crippen LogP contribution in [0, 0.1) is 0 Å². The van der Waals surface area contributed by atoms with Crippen LogP contribution in [0.1, 0.15) is 55.5 Å². The fraction of sp³-hybridized carbons (Fsp3) is 0.129. The lowest BCUT2D eigenvalue weighted by Crippen LogP contribution is -2.17. The molecule has 0 atom stereocenters. The minimum absolute atomic E-state index is 0.0219. The summed E-state index contributed by atoms with van der Waals surface area (Å²) in [5.74, 6) is 0. The topological polar surface area (TPSA) is 6.48 Å². The van der Waals surface area contributed by atoms with E-state index in [1.54, 1.807) is 0 Å². The van der Waals surface area contributed by atoms with Crippen molar-refractivity contribution in [2.45, 2.75) is 45.1 Å². The van der Waals surface area contributed by atoms with Gasteiger partial charge in [0.15, 0.2) is 0 Å². The van der Waals surface area contributed by atoms with Gasteiger partial charge < -0.3 is 9.80 Å². The van der Waals surface area contributed by atoms with Crippen molar-refractivity contribution >= 4 is 22.7 Å². The lowest BCUT2D eigenvalue weighted by atomic mass is 9.81. The van der Waals surface area contributed by atoms with Crippen molar-refractivity contribution in [3.63, 3.8) is 0 Å². The molecule has 0 radical (unpaired) electrons. The molecule has 0 aromatic heterocycles. The molecule has 2 aliphatic rings. The highest BCUT2D eigenvalue weighted by Gasteiger charge is 2.36. The van der Waals surface area contributed by atoms with E-state index in [-0.39, 0.29) is 10.8 Å². The summed E-state index contributed by atoms with van der Waals surface area (Å²) >= 11 is 0. The van der Waals surface area contributed by atoms with Crippen molar-refractivity contribution in [3.8, 4) is 55.6 Å². The van der Waals surface area contributed by atoms with E-state index in [0.29, 0.717) is 6.54 Å². The molecule has 2 heteroatoms. The first kappa shape index (κ1) is 39.4. The molecule has 0 heterocycles. The first-order valence-corrected chi connectivity index (χ1v) is 22.6. The molecule has 2 nitrogen and oxygen atoms in total. The maximum Gasteiger partial charge on any atom is 0.0482 e. The number of hydrogen-bond acceptors (Lipinski definition) is 2. The number of hydrogen-bond donors (Lipinski definition) is 0. The molecule has 11 rings (SSSR count). The molecule has 9 aromatic carbocycles. The molecule has 0 spiro atoms. The average Bonchev–Trinajstić information content (AvgIpc) is 3.72. The van der Waals surface area contributed by atoms with Crippen LogP contribution in [-0.2, 0) is 17.4 Å². The minimum Gasteiger partial charge on any atom is -0.345 e. The van der Waals surface area contributed by atoms with Gasteiger partial charge in [-0.3, -0.25) is 0 Å². The summed E-state index contributed by atoms with van der Waals surface area (Å²) in [4.78, 5) is 4.73. The van der Waals surface area contributed by atoms with Crippen molar-refractivity contribution in [3.05, 3.63) is 240 Å². The summed E-state index contributed by atoms with van der Waals surface area (Å²) in [5, 5.41) is 0. The van der Waals surface area contributed by atoms with Crippen LogP contribution in [0.2, 0.25) is 0 Å². The van der Waals surface area contributed by atoms with Crippen LogP contribution in [0.15, 0.2) is 212 Å². The molecule has 2 aliphatic carbocycles. The first-order valence-electron chi connectivity index (χ1n) is 22.6. The Morgan fingerprint density at radius 3 is 1.23 bits per heavy atom. The molecule has 310 valence electrons. The molecular formula is C62H52N2. The predicted octanol–water partition coefficient (Wildman–Crippen LogP) is 16.4. The van der Waals surface area contributed by atoms with Crippen LogP contribution in [0.3, 0.4) is 0 Å². The van der Waals surface area contributed by atoms with Gasteiger partial charge in [-0.05, 0) is 144 Å². The van der Waals surface area contributed by atoms with Crippen LogP contribution in [-0.4, -0.2) is 7.05 Å². The summed E-state index contributed by atoms with van der Waals surface area (Å²) in [6, 6.07) is 78.5. The van der Waals surface area contributed by atoms with E-state index in [1.807, 2.05) is 0 Å². The Kier molecular flexibility index (Phi) is 9.51. The van der Waals surface area contributed by atoms with Crippen molar-refractivity contribution in [1.29, 1.82) is 0 Å². The SMILES string of the molecule is CN(c1ccc(-c2ccc3c(c2)C(C)(C)c2ccccc2-3)cc1)c1cccc(CN(c2ccc(-c3ccccc3)cc2)c2ccc(-c3ccc4c(c3)C(C)(C)c3ccccc3-4)cc2)c1. The van der Waals surface area contributed by atoms with Gasteiger partial charge in [0, 0.05) is 47.2 Å². The van der Waals surface area contributed by atoms with Gasteiger partial charge in [0.2, 0.25) is 0 Å². The lowest BCUT2D eigenvalue weighted by Gasteiger charge is -2.27. The Hall–Kier alpha value is -7.42. The zero-order valence-corrected chi connectivity index (χ0v) is 37.3. The summed E-state index contributed by atoms with van der Waals surface area (Å²) < 4.78 is 0. The van der Waals surface area contributed by atoms with Gasteiger partial charge in [-0.25, -0.2) is 0 Å². The van der Waals surface area contributed by atoms with E-state index in [9.17, 15) is 0 Å². The van der Waals surface area contributed by atoms with Gasteiger partial charge in [-0.15, -0.1) is 0 Å². The highest BCUT2D eigenvalue weighted by atomic mass is 15.1. The van der Waals surface area contributed by atoms with Crippen LogP contribution in [0.5, 0.6) is 0 Å². The fourth-order valence-corrected chi connectivity index (χ4v) is 10.5. The molecule has 0 bridgehead atoms. The van der Waals surface area contributed by atoms with E-state index in [4.69, 9.17) is 0 Å². The molecule has 0 saturated carbocycles. The Morgan fingerprint density at radius 2 is 0.719 bits per heavy atom. The smallest absolute Gasteiger partial charge is 0.0482 e. The fourth-order valence-electron chi connectivity index (χ4n) is 10.5. The molecule has 0 saturated heterocycles. The van der Waals surface area contributed by atoms with E-state index < -0.39 is 0 Å². The minimum atomic E-state index is -0.0369. The van der Waals surface area contributed by atoms with Crippen molar-refractivity contribution in [2.75, 3.05) is 16.8 Å². The molecule has 9 aromatic rings. The van der Waals surface area contributed by atoms with Crippen LogP contribution in [0.4, 0.5) is 22.7 Å². The second-order valence-corrected chi connectivity index (χ2v) is 18.7. The van der Waals surface area contributed by atoms with Crippen molar-refractivity contribution < 1.29 is 0 Å². The average molecular weight is 825 g/mol. The molecule has 0 amide bonds. The van der Waals surface area contributed by atoms with Crippen LogP contribution in [0.25, 0.3) is 55.6 Å². The van der Waals surface area contributed by atoms with Gasteiger partial charge in [-0.2, -0.15) is 0 Å². The Morgan fingerprint density at radius 1 is 0.312 bits per heavy atom. The number of benzene rings is 9. The van der Waals surface area contributed by atoms with E-state index in [0.717, 1.165) is 22.7 Å². The third-order valence-electron chi connectivity index (χ3n) is 14.2. The van der Waals surface area contributed by atoms with Crippen molar-refractivity contribution in [1.82, 2.24) is 0 Å². The van der Waals surface area contributed by atoms with Gasteiger partial charge in [0.25, 0.3) is 0 Å². The second kappa shape index (κ2) is 15.4. The van der Waals surface area contributed by atoms with Gasteiger partial charge in [0.1, 0.15) is 0 Å². The maximum absolute atomic E-state index is 2.44. The molecule has 64 heavy (non-hydrogen) atoms. The van der Waals surface area contributed by atoms with E-state index >= 15 is 0 Å². The quantitative estimate of drug-likeness (QED) is 0.143. The normalized spacial score (nSPS) is 13.7. The zero-order chi connectivity index (χ0) is 43.6. The monoisotopic (exact) mass is 824 g/mol. The summed E-state index contributed by atoms with van der Waals surface area (Å²) in [6.45, 7) is 10.1. The van der Waals surface area contributed by atoms with Crippen LogP contribution < -0.4 is 9.80 Å². The highest BCUT2D eigenvalue weighted by Crippen LogP contribution is 2.51. The molecule has 0 aliphatic heterocycles. The Balaban J connectivity index is 0.870. The summed E-state index contributed by atoms with van der Waals surface area (Å²) in [6.07, 6.45) is 0. The molecule has 0 fully saturated rings. The molecule has 0 unspecified atom stereocenters. The Labute approximate surface area is 378 Å². The number of nitrogens with zero attached hydrogens (tertiary/aromatic N) is 2. The zero-order valence-electron chi connectivity index (χ0n) is 37.3. The predicted molar refractivity (Wildman–Crippen MR) is 271 cm³/mol. The second-order valence-electron chi connectivity index (χ2n) is 18.7. The van der Waals surface area contributed by atoms with E-state index in [2.05, 4.69) is 257 Å². The maximum atomic E-state index is 2.44. The summed E-state index contributed by atoms with van der Waals surface area (Å²) in [5.41, 5.74) is 24.2. The lowest BCUT2D eigenvalue weighted by molar-refractivity contribution is 0.660. The van der Waals surface area contributed by atoms with Gasteiger partial charge >= 0.3 is 0 Å². The van der Waals surface area contributed by atoms with Gasteiger partial charge in [-0.1, -0.05) is 179 Å². The number of rotatable bonds is 9. The van der Waals surface area contributed by atoms with Crippen LogP contribution >= 0.6 is 0 Å². The van der Waals surface area contributed by atoms with Crippen molar-refractivity contribution in [2.24, 2.45) is 0 Å². The number of fused-ring (bicyclic) bond motifs is 6. The number of anilines is 4. The van der Waals surface area contributed by atoms with E-state index in [1.165, 1.54) is 83.5 Å². The largest absolute Gasteiger partial charge is 0.345 e.